The predicted molar refractivity (Wildman–Crippen MR) is 66.0 cm³/mol. The molecular weight excluding hydrogens is 170 g/mol. The second kappa shape index (κ2) is 7.78. The van der Waals surface area contributed by atoms with Gasteiger partial charge in [-0.15, -0.1) is 6.58 Å². The molecule has 0 amide bonds. The van der Waals surface area contributed by atoms with Crippen LogP contribution in [0.1, 0.15) is 40.0 Å². The van der Waals surface area contributed by atoms with Crippen molar-refractivity contribution in [3.05, 3.63) is 12.7 Å². The summed E-state index contributed by atoms with van der Waals surface area (Å²) in [6.45, 7) is 10.6. The Balaban J connectivity index is 3.84. The molecule has 0 spiro atoms. The third-order valence-corrected chi connectivity index (χ3v) is 3.15. The Kier molecular flexibility index (Phi) is 7.45. The van der Waals surface area contributed by atoms with E-state index in [0.29, 0.717) is 11.8 Å². The second-order valence-electron chi connectivity index (χ2n) is 4.23. The molecule has 3 unspecified atom stereocenters. The minimum absolute atomic E-state index is 0.631. The van der Waals surface area contributed by atoms with Crippen molar-refractivity contribution >= 4 is 6.21 Å². The summed E-state index contributed by atoms with van der Waals surface area (Å²) in [7, 11) is 1.86. The fourth-order valence-corrected chi connectivity index (χ4v) is 1.57. The third-order valence-electron chi connectivity index (χ3n) is 3.15. The largest absolute Gasteiger partial charge is 0.301 e. The topological polar surface area (TPSA) is 12.4 Å². The standard InChI is InChI=1S/C13H25N/c1-6-11(3)12(4)8-9-13(7-2)10-14-5/h6,10-13H,1,7-9H2,2-5H3. The lowest BCUT2D eigenvalue weighted by atomic mass is 9.88. The van der Waals surface area contributed by atoms with Gasteiger partial charge in [0.25, 0.3) is 0 Å². The van der Waals surface area contributed by atoms with E-state index in [4.69, 9.17) is 0 Å². The van der Waals surface area contributed by atoms with Gasteiger partial charge in [-0.25, -0.2) is 0 Å². The van der Waals surface area contributed by atoms with Crippen molar-refractivity contribution in [2.45, 2.75) is 40.0 Å². The van der Waals surface area contributed by atoms with Crippen molar-refractivity contribution in [2.24, 2.45) is 22.7 Å². The molecule has 0 radical (unpaired) electrons. The van der Waals surface area contributed by atoms with Gasteiger partial charge in [0.1, 0.15) is 0 Å². The molecule has 0 bridgehead atoms. The summed E-state index contributed by atoms with van der Waals surface area (Å²) in [5.41, 5.74) is 0. The molecule has 1 heteroatoms. The molecule has 0 saturated heterocycles. The molecule has 1 nitrogen and oxygen atoms in total. The summed E-state index contributed by atoms with van der Waals surface area (Å²) in [5.74, 6) is 2.04. The van der Waals surface area contributed by atoms with Gasteiger partial charge in [0, 0.05) is 13.3 Å². The maximum atomic E-state index is 4.10. The molecule has 0 aliphatic heterocycles. The maximum absolute atomic E-state index is 4.10. The average Bonchev–Trinajstić information content (AvgIpc) is 2.22. The van der Waals surface area contributed by atoms with E-state index in [1.165, 1.54) is 19.3 Å². The highest BCUT2D eigenvalue weighted by atomic mass is 14.6. The van der Waals surface area contributed by atoms with Crippen LogP contribution < -0.4 is 0 Å². The molecule has 0 aliphatic rings. The Morgan fingerprint density at radius 1 is 1.29 bits per heavy atom. The van der Waals surface area contributed by atoms with Crippen molar-refractivity contribution in [3.63, 3.8) is 0 Å². The Bertz CT molecular complexity index is 172. The summed E-state index contributed by atoms with van der Waals surface area (Å²) in [4.78, 5) is 4.10. The first-order valence-corrected chi connectivity index (χ1v) is 5.70. The molecule has 82 valence electrons. The highest BCUT2D eigenvalue weighted by Gasteiger charge is 2.11. The summed E-state index contributed by atoms with van der Waals surface area (Å²) in [5, 5.41) is 0. The lowest BCUT2D eigenvalue weighted by molar-refractivity contribution is 0.393. The molecule has 0 N–H and O–H groups in total. The highest BCUT2D eigenvalue weighted by molar-refractivity contribution is 5.60. The van der Waals surface area contributed by atoms with Crippen molar-refractivity contribution in [1.82, 2.24) is 0 Å². The van der Waals surface area contributed by atoms with Crippen molar-refractivity contribution in [2.75, 3.05) is 7.05 Å². The van der Waals surface area contributed by atoms with Gasteiger partial charge < -0.3 is 4.99 Å². The second-order valence-corrected chi connectivity index (χ2v) is 4.23. The van der Waals surface area contributed by atoms with Gasteiger partial charge in [0.15, 0.2) is 0 Å². The van der Waals surface area contributed by atoms with Gasteiger partial charge in [-0.3, -0.25) is 0 Å². The Labute approximate surface area is 89.3 Å². The Morgan fingerprint density at radius 2 is 1.93 bits per heavy atom. The number of hydrogen-bond donors (Lipinski definition) is 0. The summed E-state index contributed by atoms with van der Waals surface area (Å²) in [6, 6.07) is 0. The molecule has 0 aliphatic carbocycles. The minimum Gasteiger partial charge on any atom is -0.301 e. The average molecular weight is 195 g/mol. The molecule has 0 aromatic carbocycles. The molecule has 0 heterocycles. The van der Waals surface area contributed by atoms with Crippen LogP contribution in [0.5, 0.6) is 0 Å². The highest BCUT2D eigenvalue weighted by Crippen LogP contribution is 2.21. The first-order chi connectivity index (χ1) is 6.65. The normalized spacial score (nSPS) is 18.0. The molecule has 0 saturated carbocycles. The van der Waals surface area contributed by atoms with Crippen LogP contribution in [-0.2, 0) is 0 Å². The van der Waals surface area contributed by atoms with Crippen LogP contribution in [0.15, 0.2) is 17.6 Å². The van der Waals surface area contributed by atoms with Gasteiger partial charge in [-0.05, 0) is 37.0 Å². The number of rotatable bonds is 7. The lowest BCUT2D eigenvalue weighted by Gasteiger charge is -2.18. The number of aliphatic imine (C=N–C) groups is 1. The van der Waals surface area contributed by atoms with E-state index in [1.54, 1.807) is 0 Å². The monoisotopic (exact) mass is 195 g/mol. The van der Waals surface area contributed by atoms with Crippen molar-refractivity contribution in [3.8, 4) is 0 Å². The third kappa shape index (κ3) is 5.21. The van der Waals surface area contributed by atoms with Crippen molar-refractivity contribution < 1.29 is 0 Å². The van der Waals surface area contributed by atoms with Crippen molar-refractivity contribution in [1.29, 1.82) is 0 Å². The summed E-state index contributed by atoms with van der Waals surface area (Å²) in [6.07, 6.45) is 7.88. The first-order valence-electron chi connectivity index (χ1n) is 5.70. The van der Waals surface area contributed by atoms with E-state index >= 15 is 0 Å². The van der Waals surface area contributed by atoms with E-state index in [1.807, 2.05) is 7.05 Å². The predicted octanol–water partition coefficient (Wildman–Crippen LogP) is 3.95. The van der Waals surface area contributed by atoms with Crippen LogP contribution in [-0.4, -0.2) is 13.3 Å². The van der Waals surface area contributed by atoms with Gasteiger partial charge in [-0.1, -0.05) is 26.8 Å². The molecule has 0 fully saturated rings. The Morgan fingerprint density at radius 3 is 2.36 bits per heavy atom. The van der Waals surface area contributed by atoms with Crippen LogP contribution in [0, 0.1) is 17.8 Å². The van der Waals surface area contributed by atoms with Crippen LogP contribution in [0.25, 0.3) is 0 Å². The number of allylic oxidation sites excluding steroid dienone is 1. The zero-order valence-electron chi connectivity index (χ0n) is 10.2. The fourth-order valence-electron chi connectivity index (χ4n) is 1.57. The van der Waals surface area contributed by atoms with Gasteiger partial charge in [0.05, 0.1) is 0 Å². The van der Waals surface area contributed by atoms with Crippen LogP contribution >= 0.6 is 0 Å². The molecule has 0 aromatic heterocycles. The zero-order valence-corrected chi connectivity index (χ0v) is 10.2. The number of hydrogen-bond acceptors (Lipinski definition) is 1. The van der Waals surface area contributed by atoms with E-state index in [9.17, 15) is 0 Å². The Hall–Kier alpha value is -0.590. The number of nitrogens with zero attached hydrogens (tertiary/aromatic N) is 1. The van der Waals surface area contributed by atoms with E-state index < -0.39 is 0 Å². The molecule has 0 aromatic rings. The van der Waals surface area contributed by atoms with E-state index in [-0.39, 0.29) is 0 Å². The smallest absolute Gasteiger partial charge is 0.0273 e. The van der Waals surface area contributed by atoms with E-state index in [0.717, 1.165) is 5.92 Å². The fraction of sp³-hybridized carbons (Fsp3) is 0.769. The van der Waals surface area contributed by atoms with Crippen LogP contribution in [0.4, 0.5) is 0 Å². The lowest BCUT2D eigenvalue weighted by Crippen LogP contribution is -2.09. The molecular formula is C13H25N. The van der Waals surface area contributed by atoms with Gasteiger partial charge >= 0.3 is 0 Å². The van der Waals surface area contributed by atoms with Gasteiger partial charge in [-0.2, -0.15) is 0 Å². The first kappa shape index (κ1) is 13.4. The van der Waals surface area contributed by atoms with Gasteiger partial charge in [0.2, 0.25) is 0 Å². The minimum atomic E-state index is 0.631. The van der Waals surface area contributed by atoms with Crippen LogP contribution in [0.3, 0.4) is 0 Å². The van der Waals surface area contributed by atoms with Crippen LogP contribution in [0.2, 0.25) is 0 Å². The molecule has 0 rings (SSSR count). The zero-order chi connectivity index (χ0) is 11.0. The summed E-state index contributed by atoms with van der Waals surface area (Å²) >= 11 is 0. The molecule has 14 heavy (non-hydrogen) atoms. The maximum Gasteiger partial charge on any atom is 0.0273 e. The summed E-state index contributed by atoms with van der Waals surface area (Å²) < 4.78 is 0. The SMILES string of the molecule is C=CC(C)C(C)CCC(C=NC)CC. The van der Waals surface area contributed by atoms with E-state index in [2.05, 4.69) is 44.6 Å². The quantitative estimate of drug-likeness (QED) is 0.431. The molecule has 3 atom stereocenters.